The number of likely N-dealkylation sites (tertiary alicyclic amines) is 1. The minimum atomic E-state index is 0.519. The van der Waals surface area contributed by atoms with Crippen LogP contribution in [0.5, 0.6) is 0 Å². The van der Waals surface area contributed by atoms with E-state index in [0.29, 0.717) is 12.0 Å². The average molecular weight is 281 g/mol. The standard InChI is InChI=1S/C16H25ClN2/c1-4-18-11-13-6-5-9-19(3)16(13)15-8-7-14(17)10-12(15)2/h7-8,10,13,16,18H,4-6,9,11H2,1-3H3. The van der Waals surface area contributed by atoms with Crippen LogP contribution in [0.25, 0.3) is 0 Å². The molecule has 0 bridgehead atoms. The Morgan fingerprint density at radius 2 is 2.21 bits per heavy atom. The fraction of sp³-hybridized carbons (Fsp3) is 0.625. The van der Waals surface area contributed by atoms with Crippen molar-refractivity contribution < 1.29 is 0 Å². The largest absolute Gasteiger partial charge is 0.317 e. The summed E-state index contributed by atoms with van der Waals surface area (Å²) in [5.74, 6) is 0.693. The van der Waals surface area contributed by atoms with E-state index in [-0.39, 0.29) is 0 Å². The van der Waals surface area contributed by atoms with Crippen molar-refractivity contribution in [2.24, 2.45) is 5.92 Å². The SMILES string of the molecule is CCNCC1CCCN(C)C1c1ccc(Cl)cc1C. The lowest BCUT2D eigenvalue weighted by Gasteiger charge is -2.40. The topological polar surface area (TPSA) is 15.3 Å². The second-order valence-corrected chi connectivity index (χ2v) is 6.07. The molecule has 2 nitrogen and oxygen atoms in total. The van der Waals surface area contributed by atoms with E-state index < -0.39 is 0 Å². The molecule has 2 rings (SSSR count). The number of hydrogen-bond donors (Lipinski definition) is 1. The quantitative estimate of drug-likeness (QED) is 0.906. The van der Waals surface area contributed by atoms with Gasteiger partial charge in [-0.2, -0.15) is 0 Å². The van der Waals surface area contributed by atoms with Crippen molar-refractivity contribution in [3.63, 3.8) is 0 Å². The summed E-state index contributed by atoms with van der Waals surface area (Å²) in [4.78, 5) is 2.50. The van der Waals surface area contributed by atoms with Gasteiger partial charge in [-0.05, 0) is 75.6 Å². The van der Waals surface area contributed by atoms with Crippen LogP contribution in [0.15, 0.2) is 18.2 Å². The van der Waals surface area contributed by atoms with Gasteiger partial charge < -0.3 is 5.32 Å². The molecule has 0 radical (unpaired) electrons. The van der Waals surface area contributed by atoms with Gasteiger partial charge in [0.1, 0.15) is 0 Å². The van der Waals surface area contributed by atoms with E-state index >= 15 is 0 Å². The Morgan fingerprint density at radius 1 is 1.42 bits per heavy atom. The molecule has 0 aromatic heterocycles. The minimum Gasteiger partial charge on any atom is -0.317 e. The van der Waals surface area contributed by atoms with Gasteiger partial charge in [0.05, 0.1) is 0 Å². The summed E-state index contributed by atoms with van der Waals surface area (Å²) in [6.07, 6.45) is 2.61. The highest BCUT2D eigenvalue weighted by atomic mass is 35.5. The summed E-state index contributed by atoms with van der Waals surface area (Å²) in [6, 6.07) is 6.84. The molecule has 1 fully saturated rings. The Labute approximate surface area is 122 Å². The minimum absolute atomic E-state index is 0.519. The monoisotopic (exact) mass is 280 g/mol. The van der Waals surface area contributed by atoms with Crippen molar-refractivity contribution in [2.75, 3.05) is 26.7 Å². The van der Waals surface area contributed by atoms with E-state index in [1.165, 1.54) is 30.5 Å². The average Bonchev–Trinajstić information content (AvgIpc) is 2.37. The summed E-state index contributed by atoms with van der Waals surface area (Å²) in [7, 11) is 2.25. The lowest BCUT2D eigenvalue weighted by molar-refractivity contribution is 0.119. The molecule has 1 aromatic rings. The van der Waals surface area contributed by atoms with Crippen LogP contribution >= 0.6 is 11.6 Å². The van der Waals surface area contributed by atoms with Crippen LogP contribution in [0.4, 0.5) is 0 Å². The van der Waals surface area contributed by atoms with Gasteiger partial charge in [-0.15, -0.1) is 0 Å². The molecule has 19 heavy (non-hydrogen) atoms. The highest BCUT2D eigenvalue weighted by Gasteiger charge is 2.30. The van der Waals surface area contributed by atoms with E-state index in [2.05, 4.69) is 43.2 Å². The van der Waals surface area contributed by atoms with Crippen LogP contribution < -0.4 is 5.32 Å². The fourth-order valence-corrected chi connectivity index (χ4v) is 3.49. The lowest BCUT2D eigenvalue weighted by Crippen LogP contribution is -2.40. The Morgan fingerprint density at radius 3 is 2.89 bits per heavy atom. The molecule has 106 valence electrons. The number of aryl methyl sites for hydroxylation is 1. The van der Waals surface area contributed by atoms with E-state index in [9.17, 15) is 0 Å². The van der Waals surface area contributed by atoms with E-state index in [0.717, 1.165) is 18.1 Å². The smallest absolute Gasteiger partial charge is 0.0408 e. The number of benzene rings is 1. The highest BCUT2D eigenvalue weighted by molar-refractivity contribution is 6.30. The first-order valence-corrected chi connectivity index (χ1v) is 7.68. The van der Waals surface area contributed by atoms with Crippen molar-refractivity contribution in [1.82, 2.24) is 10.2 Å². The molecule has 1 N–H and O–H groups in total. The first-order valence-electron chi connectivity index (χ1n) is 7.30. The zero-order valence-electron chi connectivity index (χ0n) is 12.2. The molecule has 0 spiro atoms. The molecule has 1 heterocycles. The molecule has 0 amide bonds. The summed E-state index contributed by atoms with van der Waals surface area (Å²) >= 11 is 6.09. The fourth-order valence-electron chi connectivity index (χ4n) is 3.27. The van der Waals surface area contributed by atoms with E-state index in [1.807, 2.05) is 6.07 Å². The summed E-state index contributed by atoms with van der Waals surface area (Å²) in [6.45, 7) is 7.69. The number of nitrogens with one attached hydrogen (secondary N) is 1. The number of rotatable bonds is 4. The molecule has 0 saturated carbocycles. The van der Waals surface area contributed by atoms with Gasteiger partial charge in [-0.3, -0.25) is 4.90 Å². The van der Waals surface area contributed by atoms with Crippen molar-refractivity contribution >= 4 is 11.6 Å². The maximum atomic E-state index is 6.09. The predicted octanol–water partition coefficient (Wildman–Crippen LogP) is 3.64. The van der Waals surface area contributed by atoms with Crippen molar-refractivity contribution in [2.45, 2.75) is 32.7 Å². The predicted molar refractivity (Wildman–Crippen MR) is 82.8 cm³/mol. The molecule has 1 aliphatic rings. The lowest BCUT2D eigenvalue weighted by atomic mass is 9.83. The molecule has 1 saturated heterocycles. The molecule has 1 aliphatic heterocycles. The summed E-state index contributed by atoms with van der Waals surface area (Å²) in [5, 5.41) is 4.35. The summed E-state index contributed by atoms with van der Waals surface area (Å²) in [5.41, 5.74) is 2.75. The van der Waals surface area contributed by atoms with Crippen molar-refractivity contribution in [3.05, 3.63) is 34.3 Å². The van der Waals surface area contributed by atoms with Gasteiger partial charge in [-0.1, -0.05) is 24.6 Å². The molecular formula is C16H25ClN2. The van der Waals surface area contributed by atoms with E-state index in [4.69, 9.17) is 11.6 Å². The Balaban J connectivity index is 2.25. The maximum Gasteiger partial charge on any atom is 0.0408 e. The van der Waals surface area contributed by atoms with Crippen LogP contribution in [0, 0.1) is 12.8 Å². The number of nitrogens with zero attached hydrogens (tertiary/aromatic N) is 1. The van der Waals surface area contributed by atoms with Crippen LogP contribution in [-0.4, -0.2) is 31.6 Å². The molecule has 2 atom stereocenters. The highest BCUT2D eigenvalue weighted by Crippen LogP contribution is 2.36. The third-order valence-electron chi connectivity index (χ3n) is 4.21. The first kappa shape index (κ1) is 14.8. The molecule has 2 unspecified atom stereocenters. The zero-order valence-corrected chi connectivity index (χ0v) is 13.0. The third kappa shape index (κ3) is 3.50. The Hall–Kier alpha value is -0.570. The Bertz CT molecular complexity index is 419. The van der Waals surface area contributed by atoms with Crippen LogP contribution in [0.2, 0.25) is 5.02 Å². The maximum absolute atomic E-state index is 6.09. The Kier molecular flexibility index (Phi) is 5.26. The van der Waals surface area contributed by atoms with Crippen molar-refractivity contribution in [3.8, 4) is 0 Å². The van der Waals surface area contributed by atoms with Gasteiger partial charge in [0.2, 0.25) is 0 Å². The molecule has 1 aromatic carbocycles. The number of halogens is 1. The van der Waals surface area contributed by atoms with Gasteiger partial charge in [0.15, 0.2) is 0 Å². The van der Waals surface area contributed by atoms with Gasteiger partial charge in [0, 0.05) is 11.1 Å². The van der Waals surface area contributed by atoms with Gasteiger partial charge in [0.25, 0.3) is 0 Å². The van der Waals surface area contributed by atoms with Gasteiger partial charge in [-0.25, -0.2) is 0 Å². The molecular weight excluding hydrogens is 256 g/mol. The number of piperidine rings is 1. The van der Waals surface area contributed by atoms with Gasteiger partial charge >= 0.3 is 0 Å². The second-order valence-electron chi connectivity index (χ2n) is 5.64. The van der Waals surface area contributed by atoms with Crippen molar-refractivity contribution in [1.29, 1.82) is 0 Å². The van der Waals surface area contributed by atoms with Crippen LogP contribution in [-0.2, 0) is 0 Å². The summed E-state index contributed by atoms with van der Waals surface area (Å²) < 4.78 is 0. The van der Waals surface area contributed by atoms with E-state index in [1.54, 1.807) is 0 Å². The first-order chi connectivity index (χ1) is 9.13. The normalized spacial score (nSPS) is 24.6. The third-order valence-corrected chi connectivity index (χ3v) is 4.45. The number of hydrogen-bond acceptors (Lipinski definition) is 2. The zero-order chi connectivity index (χ0) is 13.8. The molecule has 0 aliphatic carbocycles. The molecule has 3 heteroatoms. The van der Waals surface area contributed by atoms with Crippen LogP contribution in [0.1, 0.15) is 36.9 Å². The second kappa shape index (κ2) is 6.74. The van der Waals surface area contributed by atoms with Crippen LogP contribution in [0.3, 0.4) is 0 Å².